The van der Waals surface area contributed by atoms with Gasteiger partial charge in [-0.1, -0.05) is 33.8 Å². The highest BCUT2D eigenvalue weighted by Crippen LogP contribution is 2.28. The largest absolute Gasteiger partial charge is 0.350 e. The first-order valence-corrected chi connectivity index (χ1v) is 7.10. The van der Waals surface area contributed by atoms with Crippen molar-refractivity contribution in [2.24, 2.45) is 13.0 Å². The smallest absolute Gasteiger partial charge is 0.0480 e. The highest BCUT2D eigenvalue weighted by molar-refractivity contribution is 5.84. The van der Waals surface area contributed by atoms with Gasteiger partial charge in [0.25, 0.3) is 0 Å². The van der Waals surface area contributed by atoms with Crippen LogP contribution in [0.25, 0.3) is 10.9 Å². The predicted octanol–water partition coefficient (Wildman–Crippen LogP) is 4.89. The van der Waals surface area contributed by atoms with Gasteiger partial charge in [0.15, 0.2) is 0 Å². The van der Waals surface area contributed by atoms with Gasteiger partial charge >= 0.3 is 0 Å². The van der Waals surface area contributed by atoms with E-state index in [1.807, 2.05) is 0 Å². The van der Waals surface area contributed by atoms with E-state index in [1.165, 1.54) is 34.9 Å². The standard InChI is InChI=1S/C17H25N/c1-6-13(4)14-7-8-17-16(10-14)15(9-12(2)3)11-18(17)5/h7-8,10-13H,6,9H2,1-5H3. The van der Waals surface area contributed by atoms with Crippen molar-refractivity contribution < 1.29 is 0 Å². The van der Waals surface area contributed by atoms with E-state index in [0.29, 0.717) is 11.8 Å². The Bertz CT molecular complexity index is 534. The zero-order valence-electron chi connectivity index (χ0n) is 12.3. The minimum atomic E-state index is 0.654. The number of hydrogen-bond acceptors (Lipinski definition) is 0. The molecule has 1 aromatic carbocycles. The zero-order chi connectivity index (χ0) is 13.3. The lowest BCUT2D eigenvalue weighted by molar-refractivity contribution is 0.648. The molecule has 0 saturated heterocycles. The van der Waals surface area contributed by atoms with E-state index >= 15 is 0 Å². The number of benzene rings is 1. The first-order chi connectivity index (χ1) is 8.52. The van der Waals surface area contributed by atoms with Crippen LogP contribution in [0.2, 0.25) is 0 Å². The van der Waals surface area contributed by atoms with Crippen molar-refractivity contribution in [3.8, 4) is 0 Å². The van der Waals surface area contributed by atoms with Gasteiger partial charge in [-0.3, -0.25) is 0 Å². The van der Waals surface area contributed by atoms with Gasteiger partial charge in [-0.25, -0.2) is 0 Å². The first kappa shape index (κ1) is 13.2. The maximum Gasteiger partial charge on any atom is 0.0480 e. The molecule has 0 N–H and O–H groups in total. The van der Waals surface area contributed by atoms with Crippen LogP contribution in [0, 0.1) is 5.92 Å². The fraction of sp³-hybridized carbons (Fsp3) is 0.529. The number of aromatic nitrogens is 1. The molecule has 0 spiro atoms. The Labute approximate surface area is 111 Å². The number of fused-ring (bicyclic) bond motifs is 1. The van der Waals surface area contributed by atoms with E-state index in [0.717, 1.165) is 0 Å². The molecule has 1 aromatic heterocycles. The molecule has 0 fully saturated rings. The van der Waals surface area contributed by atoms with Crippen LogP contribution in [-0.4, -0.2) is 4.57 Å². The van der Waals surface area contributed by atoms with Crippen molar-refractivity contribution >= 4 is 10.9 Å². The van der Waals surface area contributed by atoms with Crippen LogP contribution in [0.3, 0.4) is 0 Å². The van der Waals surface area contributed by atoms with Gasteiger partial charge < -0.3 is 4.57 Å². The lowest BCUT2D eigenvalue weighted by Gasteiger charge is -2.10. The van der Waals surface area contributed by atoms with Crippen LogP contribution in [0.15, 0.2) is 24.4 Å². The van der Waals surface area contributed by atoms with E-state index < -0.39 is 0 Å². The molecule has 18 heavy (non-hydrogen) atoms. The topological polar surface area (TPSA) is 4.93 Å². The molecule has 2 rings (SSSR count). The Morgan fingerprint density at radius 2 is 1.89 bits per heavy atom. The molecule has 1 heterocycles. The number of nitrogens with zero attached hydrogens (tertiary/aromatic N) is 1. The number of aryl methyl sites for hydroxylation is 1. The third-order valence-electron chi connectivity index (χ3n) is 3.91. The molecule has 98 valence electrons. The highest BCUT2D eigenvalue weighted by atomic mass is 14.9. The summed E-state index contributed by atoms with van der Waals surface area (Å²) >= 11 is 0. The van der Waals surface area contributed by atoms with E-state index in [9.17, 15) is 0 Å². The minimum Gasteiger partial charge on any atom is -0.350 e. The summed E-state index contributed by atoms with van der Waals surface area (Å²) in [6.07, 6.45) is 4.67. The molecule has 1 nitrogen and oxygen atoms in total. The maximum absolute atomic E-state index is 2.40. The van der Waals surface area contributed by atoms with Gasteiger partial charge in [0.2, 0.25) is 0 Å². The van der Waals surface area contributed by atoms with Gasteiger partial charge in [0.1, 0.15) is 0 Å². The van der Waals surface area contributed by atoms with Gasteiger partial charge in [0.05, 0.1) is 0 Å². The second-order valence-electron chi connectivity index (χ2n) is 5.95. The lowest BCUT2D eigenvalue weighted by Crippen LogP contribution is -1.94. The monoisotopic (exact) mass is 243 g/mol. The van der Waals surface area contributed by atoms with Gasteiger partial charge in [0, 0.05) is 24.1 Å². The molecule has 0 radical (unpaired) electrons. The molecule has 1 atom stereocenters. The molecule has 1 heteroatoms. The van der Waals surface area contributed by atoms with Crippen LogP contribution < -0.4 is 0 Å². The van der Waals surface area contributed by atoms with Crippen molar-refractivity contribution in [1.29, 1.82) is 0 Å². The van der Waals surface area contributed by atoms with Crippen LogP contribution in [0.5, 0.6) is 0 Å². The Hall–Kier alpha value is -1.24. The van der Waals surface area contributed by atoms with Crippen molar-refractivity contribution in [1.82, 2.24) is 4.57 Å². The van der Waals surface area contributed by atoms with E-state index in [1.54, 1.807) is 0 Å². The summed E-state index contributed by atoms with van der Waals surface area (Å²) in [7, 11) is 2.15. The summed E-state index contributed by atoms with van der Waals surface area (Å²) in [6.45, 7) is 9.15. The molecular weight excluding hydrogens is 218 g/mol. The van der Waals surface area contributed by atoms with Crippen molar-refractivity contribution in [2.75, 3.05) is 0 Å². The Morgan fingerprint density at radius 1 is 1.17 bits per heavy atom. The summed E-state index contributed by atoms with van der Waals surface area (Å²) in [4.78, 5) is 0. The van der Waals surface area contributed by atoms with Crippen molar-refractivity contribution in [3.05, 3.63) is 35.5 Å². The molecule has 0 aliphatic heterocycles. The molecule has 0 aliphatic carbocycles. The summed E-state index contributed by atoms with van der Waals surface area (Å²) < 4.78 is 2.26. The van der Waals surface area contributed by atoms with Crippen LogP contribution >= 0.6 is 0 Å². The van der Waals surface area contributed by atoms with E-state index in [4.69, 9.17) is 0 Å². The fourth-order valence-corrected chi connectivity index (χ4v) is 2.64. The van der Waals surface area contributed by atoms with E-state index in [-0.39, 0.29) is 0 Å². The molecule has 2 aromatic rings. The van der Waals surface area contributed by atoms with Gasteiger partial charge in [-0.15, -0.1) is 0 Å². The minimum absolute atomic E-state index is 0.654. The van der Waals surface area contributed by atoms with Gasteiger partial charge in [-0.05, 0) is 47.9 Å². The summed E-state index contributed by atoms with van der Waals surface area (Å²) in [5.74, 6) is 1.37. The molecule has 0 amide bonds. The summed E-state index contributed by atoms with van der Waals surface area (Å²) in [5.41, 5.74) is 4.33. The van der Waals surface area contributed by atoms with Crippen molar-refractivity contribution in [3.63, 3.8) is 0 Å². The van der Waals surface area contributed by atoms with Crippen molar-refractivity contribution in [2.45, 2.75) is 46.5 Å². The Kier molecular flexibility index (Phi) is 3.79. The number of rotatable bonds is 4. The molecular formula is C17H25N. The number of hydrogen-bond donors (Lipinski definition) is 0. The second-order valence-corrected chi connectivity index (χ2v) is 5.95. The molecule has 0 saturated carbocycles. The summed E-state index contributed by atoms with van der Waals surface area (Å²) in [5, 5.41) is 1.45. The van der Waals surface area contributed by atoms with Crippen LogP contribution in [0.4, 0.5) is 0 Å². The second kappa shape index (κ2) is 5.17. The normalized spacial score (nSPS) is 13.4. The third kappa shape index (κ3) is 2.45. The summed E-state index contributed by atoms with van der Waals surface area (Å²) in [6, 6.07) is 6.97. The predicted molar refractivity (Wildman–Crippen MR) is 80.2 cm³/mol. The third-order valence-corrected chi connectivity index (χ3v) is 3.91. The van der Waals surface area contributed by atoms with Crippen LogP contribution in [0.1, 0.15) is 51.2 Å². The zero-order valence-corrected chi connectivity index (χ0v) is 12.3. The van der Waals surface area contributed by atoms with E-state index in [2.05, 4.69) is 63.7 Å². The van der Waals surface area contributed by atoms with Crippen LogP contribution in [-0.2, 0) is 13.5 Å². The average molecular weight is 243 g/mol. The quantitative estimate of drug-likeness (QED) is 0.720. The molecule has 1 unspecified atom stereocenters. The van der Waals surface area contributed by atoms with Gasteiger partial charge in [-0.2, -0.15) is 0 Å². The first-order valence-electron chi connectivity index (χ1n) is 7.10. The fourth-order valence-electron chi connectivity index (χ4n) is 2.64. The maximum atomic E-state index is 2.40. The highest BCUT2D eigenvalue weighted by Gasteiger charge is 2.10. The molecule has 0 bridgehead atoms. The average Bonchev–Trinajstić information content (AvgIpc) is 2.64. The molecule has 0 aliphatic rings. The lowest BCUT2D eigenvalue weighted by atomic mass is 9.95. The SMILES string of the molecule is CCC(C)c1ccc2c(c1)c(CC(C)C)cn2C. The Morgan fingerprint density at radius 3 is 2.50 bits per heavy atom. The Balaban J connectivity index is 2.51.